The summed E-state index contributed by atoms with van der Waals surface area (Å²) in [6, 6.07) is 19.4. The zero-order valence-corrected chi connectivity index (χ0v) is 20.8. The summed E-state index contributed by atoms with van der Waals surface area (Å²) in [5.41, 5.74) is 1.80. The number of hydrogen-bond acceptors (Lipinski definition) is 6. The molecule has 0 radical (unpaired) electrons. The third-order valence-corrected chi connectivity index (χ3v) is 6.40. The summed E-state index contributed by atoms with van der Waals surface area (Å²) in [4.78, 5) is 25.0. The first-order chi connectivity index (χ1) is 16.6. The van der Waals surface area contributed by atoms with Crippen LogP contribution >= 0.6 is 0 Å². The summed E-state index contributed by atoms with van der Waals surface area (Å²) < 4.78 is 37.0. The Morgan fingerprint density at radius 1 is 0.971 bits per heavy atom. The second kappa shape index (κ2) is 11.1. The van der Waals surface area contributed by atoms with Crippen molar-refractivity contribution in [3.8, 4) is 11.5 Å². The number of carbonyl (C=O) groups excluding carboxylic acids is 2. The van der Waals surface area contributed by atoms with E-state index in [-0.39, 0.29) is 6.61 Å². The van der Waals surface area contributed by atoms with E-state index < -0.39 is 27.9 Å². The van der Waals surface area contributed by atoms with Crippen molar-refractivity contribution in [3.63, 3.8) is 0 Å². The first-order valence-electron chi connectivity index (χ1n) is 11.0. The highest BCUT2D eigenvalue weighted by molar-refractivity contribution is 7.92. The molecule has 0 unspecified atom stereocenters. The Balaban J connectivity index is 1.78. The van der Waals surface area contributed by atoms with Crippen molar-refractivity contribution < 1.29 is 27.5 Å². The van der Waals surface area contributed by atoms with Gasteiger partial charge in [0.15, 0.2) is 0 Å². The lowest BCUT2D eigenvalue weighted by molar-refractivity contribution is -0.116. The van der Waals surface area contributed by atoms with Crippen LogP contribution in [0.25, 0.3) is 0 Å². The van der Waals surface area contributed by atoms with Crippen LogP contribution in [0.4, 0.5) is 11.4 Å². The van der Waals surface area contributed by atoms with Gasteiger partial charge in [0.2, 0.25) is 15.9 Å². The lowest BCUT2D eigenvalue weighted by atomic mass is 10.1. The molecule has 0 heterocycles. The number of hydrogen-bond donors (Lipinski definition) is 1. The number of esters is 1. The molecule has 0 aliphatic heterocycles. The Morgan fingerprint density at radius 3 is 2.17 bits per heavy atom. The van der Waals surface area contributed by atoms with Gasteiger partial charge in [-0.15, -0.1) is 0 Å². The van der Waals surface area contributed by atoms with Gasteiger partial charge in [0.05, 0.1) is 24.1 Å². The van der Waals surface area contributed by atoms with Crippen molar-refractivity contribution in [2.75, 3.05) is 22.5 Å². The van der Waals surface area contributed by atoms with Crippen LogP contribution in [0.3, 0.4) is 0 Å². The smallest absolute Gasteiger partial charge is 0.338 e. The van der Waals surface area contributed by atoms with Crippen LogP contribution < -0.4 is 14.4 Å². The van der Waals surface area contributed by atoms with Crippen molar-refractivity contribution in [2.24, 2.45) is 0 Å². The SMILES string of the molecule is CCOC(=O)c1ccc(NC(=O)[C@@H](C)N(c2ccc(Oc3ccccc3)cc2)S(C)(=O)=O)c(C)c1. The minimum atomic E-state index is -3.79. The number of sulfonamides is 1. The minimum Gasteiger partial charge on any atom is -0.462 e. The number of ether oxygens (including phenoxy) is 2. The number of anilines is 2. The van der Waals surface area contributed by atoms with E-state index >= 15 is 0 Å². The van der Waals surface area contributed by atoms with E-state index in [2.05, 4.69) is 5.32 Å². The standard InChI is InChI=1S/C26H28N2O6S/c1-5-33-26(30)20-11-16-24(18(2)17-20)27-25(29)19(3)28(35(4,31)32)21-12-14-23(15-13-21)34-22-9-7-6-8-10-22/h6-17,19H,5H2,1-4H3,(H,27,29)/t19-/m1/s1. The van der Waals surface area contributed by atoms with Crippen LogP contribution in [0.2, 0.25) is 0 Å². The van der Waals surface area contributed by atoms with E-state index in [0.717, 1.165) is 10.6 Å². The molecule has 0 bridgehead atoms. The number of aryl methyl sites for hydroxylation is 1. The van der Waals surface area contributed by atoms with Gasteiger partial charge in [-0.1, -0.05) is 18.2 Å². The van der Waals surface area contributed by atoms with Gasteiger partial charge in [-0.05, 0) is 80.9 Å². The third-order valence-electron chi connectivity index (χ3n) is 5.15. The van der Waals surface area contributed by atoms with E-state index in [1.54, 1.807) is 56.3 Å². The lowest BCUT2D eigenvalue weighted by Gasteiger charge is -2.28. The van der Waals surface area contributed by atoms with Gasteiger partial charge >= 0.3 is 5.97 Å². The molecule has 9 heteroatoms. The predicted molar refractivity (Wildman–Crippen MR) is 136 cm³/mol. The topological polar surface area (TPSA) is 102 Å². The van der Waals surface area contributed by atoms with Crippen LogP contribution in [0.5, 0.6) is 11.5 Å². The summed E-state index contributed by atoms with van der Waals surface area (Å²) in [5.74, 6) is 0.205. The maximum atomic E-state index is 13.0. The fraction of sp³-hybridized carbons (Fsp3) is 0.231. The molecule has 3 rings (SSSR count). The van der Waals surface area contributed by atoms with Gasteiger partial charge < -0.3 is 14.8 Å². The molecule has 3 aromatic carbocycles. The molecule has 0 saturated carbocycles. The molecule has 8 nitrogen and oxygen atoms in total. The molecule has 184 valence electrons. The summed E-state index contributed by atoms with van der Waals surface area (Å²) in [5, 5.41) is 2.75. The molecule has 0 saturated heterocycles. The number of carbonyl (C=O) groups is 2. The van der Waals surface area contributed by atoms with Crippen LogP contribution in [0.15, 0.2) is 72.8 Å². The quantitative estimate of drug-likeness (QED) is 0.429. The van der Waals surface area contributed by atoms with E-state index in [0.29, 0.717) is 34.0 Å². The van der Waals surface area contributed by atoms with Gasteiger partial charge in [-0.3, -0.25) is 9.10 Å². The molecule has 0 aliphatic carbocycles. The summed E-state index contributed by atoms with van der Waals surface area (Å²) in [6.07, 6.45) is 1.05. The summed E-state index contributed by atoms with van der Waals surface area (Å²) >= 11 is 0. The Bertz CT molecular complexity index is 1290. The molecule has 0 aromatic heterocycles. The molecule has 3 aromatic rings. The molecule has 0 aliphatic rings. The highest BCUT2D eigenvalue weighted by Crippen LogP contribution is 2.27. The fourth-order valence-electron chi connectivity index (χ4n) is 3.48. The number of rotatable bonds is 9. The van der Waals surface area contributed by atoms with E-state index in [9.17, 15) is 18.0 Å². The first-order valence-corrected chi connectivity index (χ1v) is 12.9. The van der Waals surface area contributed by atoms with Crippen molar-refractivity contribution in [3.05, 3.63) is 83.9 Å². The second-order valence-electron chi connectivity index (χ2n) is 7.88. The molecule has 1 amide bonds. The number of para-hydroxylation sites is 1. The molecule has 0 spiro atoms. The molecular formula is C26H28N2O6S. The average molecular weight is 497 g/mol. The van der Waals surface area contributed by atoms with Gasteiger partial charge in [0.1, 0.15) is 17.5 Å². The lowest BCUT2D eigenvalue weighted by Crippen LogP contribution is -2.45. The predicted octanol–water partition coefficient (Wildman–Crippen LogP) is 4.76. The van der Waals surface area contributed by atoms with Crippen molar-refractivity contribution in [2.45, 2.75) is 26.8 Å². The minimum absolute atomic E-state index is 0.259. The Labute approximate surface area is 205 Å². The van der Waals surface area contributed by atoms with Gasteiger partial charge in [0.25, 0.3) is 0 Å². The Kier molecular flexibility index (Phi) is 8.14. The molecule has 35 heavy (non-hydrogen) atoms. The Morgan fingerprint density at radius 2 is 1.60 bits per heavy atom. The second-order valence-corrected chi connectivity index (χ2v) is 9.74. The highest BCUT2D eigenvalue weighted by atomic mass is 32.2. The van der Waals surface area contributed by atoms with Crippen LogP contribution in [0, 0.1) is 6.92 Å². The highest BCUT2D eigenvalue weighted by Gasteiger charge is 2.29. The number of nitrogens with one attached hydrogen (secondary N) is 1. The van der Waals surface area contributed by atoms with Gasteiger partial charge in [0, 0.05) is 5.69 Å². The van der Waals surface area contributed by atoms with Gasteiger partial charge in [-0.2, -0.15) is 0 Å². The van der Waals surface area contributed by atoms with Crippen molar-refractivity contribution in [1.82, 2.24) is 0 Å². The zero-order chi connectivity index (χ0) is 25.6. The molecule has 0 fully saturated rings. The summed E-state index contributed by atoms with van der Waals surface area (Å²) in [7, 11) is -3.79. The fourth-order valence-corrected chi connectivity index (χ4v) is 4.65. The largest absolute Gasteiger partial charge is 0.462 e. The number of benzene rings is 3. The maximum Gasteiger partial charge on any atom is 0.338 e. The van der Waals surface area contributed by atoms with Crippen LogP contribution in [0.1, 0.15) is 29.8 Å². The van der Waals surface area contributed by atoms with E-state index in [1.165, 1.54) is 6.92 Å². The van der Waals surface area contributed by atoms with Crippen LogP contribution in [-0.4, -0.2) is 39.2 Å². The van der Waals surface area contributed by atoms with E-state index in [4.69, 9.17) is 9.47 Å². The third kappa shape index (κ3) is 6.60. The maximum absolute atomic E-state index is 13.0. The first kappa shape index (κ1) is 25.8. The average Bonchev–Trinajstić information content (AvgIpc) is 2.81. The van der Waals surface area contributed by atoms with Crippen molar-refractivity contribution >= 4 is 33.3 Å². The molecular weight excluding hydrogens is 468 g/mol. The number of nitrogens with zero attached hydrogens (tertiary/aromatic N) is 1. The molecule has 1 N–H and O–H groups in total. The van der Waals surface area contributed by atoms with Crippen molar-refractivity contribution in [1.29, 1.82) is 0 Å². The number of amides is 1. The zero-order valence-electron chi connectivity index (χ0n) is 20.0. The molecule has 1 atom stereocenters. The normalized spacial score (nSPS) is 11.9. The van der Waals surface area contributed by atoms with E-state index in [1.807, 2.05) is 30.3 Å². The monoisotopic (exact) mass is 496 g/mol. The van der Waals surface area contributed by atoms with Crippen LogP contribution in [-0.2, 0) is 19.6 Å². The van der Waals surface area contributed by atoms with Gasteiger partial charge in [-0.25, -0.2) is 13.2 Å². The Hall–Kier alpha value is -3.85. The summed E-state index contributed by atoms with van der Waals surface area (Å²) in [6.45, 7) is 5.22.